The molecular formula is C11H17ClN2O2. The SMILES string of the molecule is CC(C)CCC(C)n1c(=O)cc(Cl)[nH]c1=O. The third-order valence-corrected chi connectivity index (χ3v) is 2.74. The average molecular weight is 245 g/mol. The first-order chi connectivity index (χ1) is 7.41. The van der Waals surface area contributed by atoms with E-state index in [4.69, 9.17) is 11.6 Å². The van der Waals surface area contributed by atoms with E-state index in [0.717, 1.165) is 12.8 Å². The number of halogens is 1. The lowest BCUT2D eigenvalue weighted by molar-refractivity contribution is 0.418. The molecule has 1 atom stereocenters. The van der Waals surface area contributed by atoms with Crippen LogP contribution in [0.25, 0.3) is 0 Å². The molecule has 0 spiro atoms. The van der Waals surface area contributed by atoms with Gasteiger partial charge in [-0.15, -0.1) is 0 Å². The molecular weight excluding hydrogens is 228 g/mol. The summed E-state index contributed by atoms with van der Waals surface area (Å²) >= 11 is 5.59. The second kappa shape index (κ2) is 5.34. The molecule has 90 valence electrons. The second-order valence-electron chi connectivity index (χ2n) is 4.45. The van der Waals surface area contributed by atoms with Gasteiger partial charge in [0, 0.05) is 12.1 Å². The lowest BCUT2D eigenvalue weighted by Crippen LogP contribution is -2.36. The van der Waals surface area contributed by atoms with E-state index in [1.807, 2.05) is 6.92 Å². The highest BCUT2D eigenvalue weighted by atomic mass is 35.5. The largest absolute Gasteiger partial charge is 0.329 e. The maximum atomic E-state index is 11.6. The van der Waals surface area contributed by atoms with Gasteiger partial charge in [-0.05, 0) is 25.7 Å². The Bertz CT molecular complexity index is 431. The van der Waals surface area contributed by atoms with Crippen LogP contribution in [0.3, 0.4) is 0 Å². The second-order valence-corrected chi connectivity index (χ2v) is 4.86. The lowest BCUT2D eigenvalue weighted by atomic mass is 10.0. The van der Waals surface area contributed by atoms with Crippen LogP contribution in [-0.4, -0.2) is 9.55 Å². The number of H-pyrrole nitrogens is 1. The van der Waals surface area contributed by atoms with E-state index in [-0.39, 0.29) is 16.8 Å². The normalized spacial score (nSPS) is 13.1. The highest BCUT2D eigenvalue weighted by molar-refractivity contribution is 6.29. The van der Waals surface area contributed by atoms with Gasteiger partial charge < -0.3 is 0 Å². The van der Waals surface area contributed by atoms with Crippen molar-refractivity contribution in [3.63, 3.8) is 0 Å². The standard InChI is InChI=1S/C11H17ClN2O2/c1-7(2)4-5-8(3)14-10(15)6-9(12)13-11(14)16/h6-8H,4-5H2,1-3H3,(H,13,16). The Morgan fingerprint density at radius 3 is 2.44 bits per heavy atom. The molecule has 1 N–H and O–H groups in total. The molecule has 0 saturated heterocycles. The van der Waals surface area contributed by atoms with Crippen LogP contribution in [0, 0.1) is 5.92 Å². The van der Waals surface area contributed by atoms with E-state index >= 15 is 0 Å². The van der Waals surface area contributed by atoms with Crippen LogP contribution >= 0.6 is 11.6 Å². The molecule has 0 aliphatic carbocycles. The van der Waals surface area contributed by atoms with Crippen molar-refractivity contribution in [2.24, 2.45) is 5.92 Å². The van der Waals surface area contributed by atoms with Crippen LogP contribution in [0.4, 0.5) is 0 Å². The molecule has 16 heavy (non-hydrogen) atoms. The first kappa shape index (κ1) is 13.0. The topological polar surface area (TPSA) is 54.9 Å². The zero-order chi connectivity index (χ0) is 12.3. The number of nitrogens with zero attached hydrogens (tertiary/aromatic N) is 1. The summed E-state index contributed by atoms with van der Waals surface area (Å²) in [4.78, 5) is 25.6. The third kappa shape index (κ3) is 3.23. The number of hydrogen-bond acceptors (Lipinski definition) is 2. The van der Waals surface area contributed by atoms with Crippen molar-refractivity contribution >= 4 is 11.6 Å². The molecule has 0 aliphatic rings. The fraction of sp³-hybridized carbons (Fsp3) is 0.636. The summed E-state index contributed by atoms with van der Waals surface area (Å²) in [7, 11) is 0. The molecule has 0 fully saturated rings. The fourth-order valence-electron chi connectivity index (χ4n) is 1.60. The minimum absolute atomic E-state index is 0.0855. The van der Waals surface area contributed by atoms with E-state index in [0.29, 0.717) is 5.92 Å². The minimum atomic E-state index is -0.436. The van der Waals surface area contributed by atoms with E-state index in [1.165, 1.54) is 10.6 Å². The average Bonchev–Trinajstić information content (AvgIpc) is 2.12. The van der Waals surface area contributed by atoms with Gasteiger partial charge in [-0.1, -0.05) is 25.4 Å². The summed E-state index contributed by atoms with van der Waals surface area (Å²) in [6, 6.07) is 1.13. The third-order valence-electron chi connectivity index (χ3n) is 2.54. The van der Waals surface area contributed by atoms with Gasteiger partial charge in [0.2, 0.25) is 0 Å². The van der Waals surface area contributed by atoms with Crippen LogP contribution < -0.4 is 11.2 Å². The molecule has 0 radical (unpaired) electrons. The van der Waals surface area contributed by atoms with Crippen LogP contribution in [0.1, 0.15) is 39.7 Å². The molecule has 1 rings (SSSR count). The molecule has 0 aromatic carbocycles. The predicted octanol–water partition coefficient (Wildman–Crippen LogP) is 2.19. The van der Waals surface area contributed by atoms with E-state index in [1.54, 1.807) is 0 Å². The fourth-order valence-corrected chi connectivity index (χ4v) is 1.77. The molecule has 5 heteroatoms. The van der Waals surface area contributed by atoms with Crippen LogP contribution in [0.2, 0.25) is 5.15 Å². The first-order valence-corrected chi connectivity index (χ1v) is 5.81. The minimum Gasteiger partial charge on any atom is -0.298 e. The molecule has 1 unspecified atom stereocenters. The smallest absolute Gasteiger partial charge is 0.298 e. The number of aromatic amines is 1. The van der Waals surface area contributed by atoms with Gasteiger partial charge in [-0.2, -0.15) is 0 Å². The summed E-state index contributed by atoms with van der Waals surface area (Å²) in [6.45, 7) is 6.09. The highest BCUT2D eigenvalue weighted by Crippen LogP contribution is 2.13. The van der Waals surface area contributed by atoms with Crippen molar-refractivity contribution < 1.29 is 0 Å². The maximum absolute atomic E-state index is 11.6. The van der Waals surface area contributed by atoms with E-state index in [9.17, 15) is 9.59 Å². The molecule has 0 aliphatic heterocycles. The Hall–Kier alpha value is -1.03. The quantitative estimate of drug-likeness (QED) is 0.826. The molecule has 1 heterocycles. The van der Waals surface area contributed by atoms with Gasteiger partial charge in [0.25, 0.3) is 5.56 Å². The molecule has 1 aromatic heterocycles. The summed E-state index contributed by atoms with van der Waals surface area (Å²) < 4.78 is 1.22. The Morgan fingerprint density at radius 2 is 1.94 bits per heavy atom. The van der Waals surface area contributed by atoms with Crippen molar-refractivity contribution in [2.45, 2.75) is 39.7 Å². The molecule has 0 saturated carbocycles. The van der Waals surface area contributed by atoms with Gasteiger partial charge in [-0.3, -0.25) is 14.3 Å². The molecule has 4 nitrogen and oxygen atoms in total. The Kier molecular flexibility index (Phi) is 4.35. The lowest BCUT2D eigenvalue weighted by Gasteiger charge is -2.14. The highest BCUT2D eigenvalue weighted by Gasteiger charge is 2.11. The molecule has 1 aromatic rings. The predicted molar refractivity (Wildman–Crippen MR) is 65.1 cm³/mol. The van der Waals surface area contributed by atoms with Crippen molar-refractivity contribution in [3.8, 4) is 0 Å². The number of nitrogens with one attached hydrogen (secondary N) is 1. The van der Waals surface area contributed by atoms with Gasteiger partial charge in [-0.25, -0.2) is 4.79 Å². The van der Waals surface area contributed by atoms with Crippen molar-refractivity contribution in [1.82, 2.24) is 9.55 Å². The van der Waals surface area contributed by atoms with Crippen LogP contribution in [-0.2, 0) is 0 Å². The molecule has 0 amide bonds. The van der Waals surface area contributed by atoms with E-state index in [2.05, 4.69) is 18.8 Å². The van der Waals surface area contributed by atoms with Crippen molar-refractivity contribution in [3.05, 3.63) is 32.1 Å². The monoisotopic (exact) mass is 244 g/mol. The Morgan fingerprint density at radius 1 is 1.31 bits per heavy atom. The van der Waals surface area contributed by atoms with E-state index < -0.39 is 5.69 Å². The number of aromatic nitrogens is 2. The maximum Gasteiger partial charge on any atom is 0.329 e. The van der Waals surface area contributed by atoms with Gasteiger partial charge in [0.15, 0.2) is 0 Å². The Balaban J connectivity index is 2.96. The summed E-state index contributed by atoms with van der Waals surface area (Å²) in [5, 5.41) is 0.0855. The van der Waals surface area contributed by atoms with Gasteiger partial charge >= 0.3 is 5.69 Å². The first-order valence-electron chi connectivity index (χ1n) is 5.43. The van der Waals surface area contributed by atoms with Crippen molar-refractivity contribution in [1.29, 1.82) is 0 Å². The zero-order valence-electron chi connectivity index (χ0n) is 9.79. The summed E-state index contributed by atoms with van der Waals surface area (Å²) in [6.07, 6.45) is 1.79. The zero-order valence-corrected chi connectivity index (χ0v) is 10.5. The number of rotatable bonds is 4. The van der Waals surface area contributed by atoms with Gasteiger partial charge in [0.1, 0.15) is 5.15 Å². The summed E-state index contributed by atoms with van der Waals surface area (Å²) in [5.41, 5.74) is -0.779. The number of hydrogen-bond donors (Lipinski definition) is 1. The Labute approximate surface area is 99.3 Å². The van der Waals surface area contributed by atoms with Gasteiger partial charge in [0.05, 0.1) is 0 Å². The van der Waals surface area contributed by atoms with Crippen LogP contribution in [0.5, 0.6) is 0 Å². The van der Waals surface area contributed by atoms with Crippen molar-refractivity contribution in [2.75, 3.05) is 0 Å². The molecule has 0 bridgehead atoms. The summed E-state index contributed by atoms with van der Waals surface area (Å²) in [5.74, 6) is 0.560. The van der Waals surface area contributed by atoms with Crippen LogP contribution in [0.15, 0.2) is 15.7 Å².